The molecular formula is C10H20N2O2. The lowest BCUT2D eigenvalue weighted by Crippen LogP contribution is -2.52. The van der Waals surface area contributed by atoms with Crippen molar-refractivity contribution < 1.29 is 9.90 Å². The summed E-state index contributed by atoms with van der Waals surface area (Å²) in [6, 6.07) is 0. The van der Waals surface area contributed by atoms with Gasteiger partial charge in [-0.1, -0.05) is 0 Å². The summed E-state index contributed by atoms with van der Waals surface area (Å²) in [7, 11) is 0. The van der Waals surface area contributed by atoms with Crippen LogP contribution < -0.4 is 5.43 Å². The number of carbonyl (C=O) groups is 1. The Morgan fingerprint density at radius 1 is 1.36 bits per heavy atom. The lowest BCUT2D eigenvalue weighted by Gasteiger charge is -2.35. The molecule has 0 amide bonds. The molecule has 1 saturated heterocycles. The molecule has 0 aromatic rings. The van der Waals surface area contributed by atoms with E-state index in [4.69, 9.17) is 5.11 Å². The zero-order valence-electron chi connectivity index (χ0n) is 9.21. The van der Waals surface area contributed by atoms with Gasteiger partial charge in [-0.3, -0.25) is 4.79 Å². The number of rotatable bonds is 2. The first-order valence-electron chi connectivity index (χ1n) is 5.14. The molecule has 0 spiro atoms. The Morgan fingerprint density at radius 3 is 2.21 bits per heavy atom. The minimum Gasteiger partial charge on any atom is -0.481 e. The number of carboxylic acid groups (broad SMARTS) is 1. The van der Waals surface area contributed by atoms with E-state index in [1.54, 1.807) is 0 Å². The second-order valence-corrected chi connectivity index (χ2v) is 4.96. The van der Waals surface area contributed by atoms with Crippen LogP contribution in [0.1, 0.15) is 33.6 Å². The molecule has 0 radical (unpaired) electrons. The summed E-state index contributed by atoms with van der Waals surface area (Å²) in [5.74, 6) is -0.798. The molecule has 0 unspecified atom stereocenters. The molecule has 4 heteroatoms. The van der Waals surface area contributed by atoms with Gasteiger partial charge in [0.05, 0.1) is 5.92 Å². The SMILES string of the molecule is CC(C)(C)NN1CCC(C(=O)O)CC1. The van der Waals surface area contributed by atoms with Crippen LogP contribution in [0.3, 0.4) is 0 Å². The van der Waals surface area contributed by atoms with Crippen molar-refractivity contribution in [3.05, 3.63) is 0 Å². The van der Waals surface area contributed by atoms with Crippen LogP contribution in [0.2, 0.25) is 0 Å². The number of hydrogen-bond acceptors (Lipinski definition) is 3. The van der Waals surface area contributed by atoms with Crippen LogP contribution in [0, 0.1) is 5.92 Å². The van der Waals surface area contributed by atoms with E-state index >= 15 is 0 Å². The standard InChI is InChI=1S/C10H20N2O2/c1-10(2,3)11-12-6-4-8(5-7-12)9(13)14/h8,11H,4-7H2,1-3H3,(H,13,14). The van der Waals surface area contributed by atoms with E-state index in [-0.39, 0.29) is 11.5 Å². The van der Waals surface area contributed by atoms with Gasteiger partial charge in [0.15, 0.2) is 0 Å². The maximum atomic E-state index is 10.7. The Labute approximate surface area is 85.3 Å². The van der Waals surface area contributed by atoms with Crippen molar-refractivity contribution in [2.75, 3.05) is 13.1 Å². The maximum Gasteiger partial charge on any atom is 0.306 e. The first-order chi connectivity index (χ1) is 6.38. The first kappa shape index (κ1) is 11.5. The monoisotopic (exact) mass is 200 g/mol. The molecule has 0 atom stereocenters. The van der Waals surface area contributed by atoms with Crippen LogP contribution in [-0.2, 0) is 4.79 Å². The summed E-state index contributed by atoms with van der Waals surface area (Å²) in [5, 5.41) is 10.9. The number of nitrogens with zero attached hydrogens (tertiary/aromatic N) is 1. The third-order valence-electron chi connectivity index (χ3n) is 2.34. The molecule has 0 aromatic heterocycles. The molecule has 0 aromatic carbocycles. The fourth-order valence-electron chi connectivity index (χ4n) is 1.71. The van der Waals surface area contributed by atoms with E-state index in [1.165, 1.54) is 0 Å². The van der Waals surface area contributed by atoms with Crippen molar-refractivity contribution in [3.8, 4) is 0 Å². The van der Waals surface area contributed by atoms with E-state index in [0.717, 1.165) is 25.9 Å². The largest absolute Gasteiger partial charge is 0.481 e. The van der Waals surface area contributed by atoms with Gasteiger partial charge in [-0.15, -0.1) is 0 Å². The Balaban J connectivity index is 2.33. The van der Waals surface area contributed by atoms with Gasteiger partial charge in [0, 0.05) is 18.6 Å². The summed E-state index contributed by atoms with van der Waals surface area (Å²) in [4.78, 5) is 10.7. The van der Waals surface area contributed by atoms with Crippen LogP contribution in [-0.4, -0.2) is 34.7 Å². The molecule has 1 aliphatic rings. The zero-order chi connectivity index (χ0) is 10.8. The molecule has 2 N–H and O–H groups in total. The van der Waals surface area contributed by atoms with Crippen molar-refractivity contribution in [2.45, 2.75) is 39.2 Å². The number of nitrogens with one attached hydrogen (secondary N) is 1. The topological polar surface area (TPSA) is 52.6 Å². The van der Waals surface area contributed by atoms with Gasteiger partial charge in [-0.2, -0.15) is 0 Å². The summed E-state index contributed by atoms with van der Waals surface area (Å²) >= 11 is 0. The van der Waals surface area contributed by atoms with Crippen LogP contribution in [0.15, 0.2) is 0 Å². The van der Waals surface area contributed by atoms with Crippen molar-refractivity contribution in [2.24, 2.45) is 5.92 Å². The molecule has 1 heterocycles. The van der Waals surface area contributed by atoms with E-state index in [1.807, 2.05) is 0 Å². The van der Waals surface area contributed by atoms with Gasteiger partial charge in [-0.05, 0) is 33.6 Å². The van der Waals surface area contributed by atoms with Crippen molar-refractivity contribution >= 4 is 5.97 Å². The van der Waals surface area contributed by atoms with Crippen LogP contribution in [0.25, 0.3) is 0 Å². The number of carboxylic acids is 1. The highest BCUT2D eigenvalue weighted by Gasteiger charge is 2.26. The number of aliphatic carboxylic acids is 1. The third kappa shape index (κ3) is 3.64. The predicted molar refractivity (Wildman–Crippen MR) is 54.8 cm³/mol. The lowest BCUT2D eigenvalue weighted by atomic mass is 9.98. The highest BCUT2D eigenvalue weighted by atomic mass is 16.4. The molecular weight excluding hydrogens is 180 g/mol. The van der Waals surface area contributed by atoms with Crippen molar-refractivity contribution in [3.63, 3.8) is 0 Å². The highest BCUT2D eigenvalue weighted by molar-refractivity contribution is 5.70. The van der Waals surface area contributed by atoms with Gasteiger partial charge in [0.1, 0.15) is 0 Å². The van der Waals surface area contributed by atoms with E-state index in [0.29, 0.717) is 0 Å². The fraction of sp³-hybridized carbons (Fsp3) is 0.900. The third-order valence-corrected chi connectivity index (χ3v) is 2.34. The average molecular weight is 200 g/mol. The smallest absolute Gasteiger partial charge is 0.306 e. The van der Waals surface area contributed by atoms with Gasteiger partial charge in [-0.25, -0.2) is 10.4 Å². The van der Waals surface area contributed by atoms with Gasteiger partial charge >= 0.3 is 5.97 Å². The Bertz CT molecular complexity index is 203. The Kier molecular flexibility index (Phi) is 3.50. The summed E-state index contributed by atoms with van der Waals surface area (Å²) in [5.41, 5.74) is 3.42. The first-order valence-corrected chi connectivity index (χ1v) is 5.14. The lowest BCUT2D eigenvalue weighted by molar-refractivity contribution is -0.143. The van der Waals surface area contributed by atoms with Crippen molar-refractivity contribution in [1.82, 2.24) is 10.4 Å². The molecule has 1 fully saturated rings. The van der Waals surface area contributed by atoms with Gasteiger partial charge < -0.3 is 5.11 Å². The maximum absolute atomic E-state index is 10.7. The predicted octanol–water partition coefficient (Wildman–Crippen LogP) is 1.09. The van der Waals surface area contributed by atoms with Crippen LogP contribution in [0.5, 0.6) is 0 Å². The molecule has 1 aliphatic heterocycles. The highest BCUT2D eigenvalue weighted by Crippen LogP contribution is 2.16. The summed E-state index contributed by atoms with van der Waals surface area (Å²) < 4.78 is 0. The molecule has 1 rings (SSSR count). The Hall–Kier alpha value is -0.610. The second-order valence-electron chi connectivity index (χ2n) is 4.96. The molecule has 0 saturated carbocycles. The van der Waals surface area contributed by atoms with Gasteiger partial charge in [0.2, 0.25) is 0 Å². The summed E-state index contributed by atoms with van der Waals surface area (Å²) in [6.07, 6.45) is 1.50. The van der Waals surface area contributed by atoms with Gasteiger partial charge in [0.25, 0.3) is 0 Å². The normalized spacial score (nSPS) is 21.1. The number of piperidine rings is 1. The van der Waals surface area contributed by atoms with E-state index < -0.39 is 5.97 Å². The average Bonchev–Trinajstić information content (AvgIpc) is 2.02. The molecule has 82 valence electrons. The van der Waals surface area contributed by atoms with Crippen molar-refractivity contribution in [1.29, 1.82) is 0 Å². The minimum atomic E-state index is -0.652. The van der Waals surface area contributed by atoms with Crippen LogP contribution in [0.4, 0.5) is 0 Å². The zero-order valence-corrected chi connectivity index (χ0v) is 9.21. The minimum absolute atomic E-state index is 0.0655. The van der Waals surface area contributed by atoms with E-state index in [2.05, 4.69) is 31.2 Å². The summed E-state index contributed by atoms with van der Waals surface area (Å²) in [6.45, 7) is 7.98. The van der Waals surface area contributed by atoms with Crippen LogP contribution >= 0.6 is 0 Å². The number of hydrazine groups is 1. The molecule has 0 aliphatic carbocycles. The molecule has 14 heavy (non-hydrogen) atoms. The van der Waals surface area contributed by atoms with E-state index in [9.17, 15) is 4.79 Å². The fourth-order valence-corrected chi connectivity index (χ4v) is 1.71. The molecule has 4 nitrogen and oxygen atoms in total. The number of hydrogen-bond donors (Lipinski definition) is 2. The quantitative estimate of drug-likeness (QED) is 0.700. The second kappa shape index (κ2) is 4.28. The molecule has 0 bridgehead atoms. The Morgan fingerprint density at radius 2 is 1.86 bits per heavy atom.